The van der Waals surface area contributed by atoms with Crippen molar-refractivity contribution in [3.8, 4) is 5.75 Å². The van der Waals surface area contributed by atoms with Crippen LogP contribution in [0.2, 0.25) is 0 Å². The molecule has 0 aliphatic carbocycles. The number of rotatable bonds is 7. The van der Waals surface area contributed by atoms with Crippen molar-refractivity contribution in [1.82, 2.24) is 10.6 Å². The zero-order valence-electron chi connectivity index (χ0n) is 17.4. The fraction of sp³-hybridized carbons (Fsp3) is 0.348. The van der Waals surface area contributed by atoms with E-state index in [1.807, 2.05) is 38.1 Å². The van der Waals surface area contributed by atoms with Gasteiger partial charge in [0.15, 0.2) is 0 Å². The number of amides is 3. The van der Waals surface area contributed by atoms with Crippen LogP contribution in [0.3, 0.4) is 0 Å². The molecule has 30 heavy (non-hydrogen) atoms. The molecule has 0 bridgehead atoms. The number of carbonyl (C=O) groups excluding carboxylic acids is 3. The maximum Gasteiger partial charge on any atom is 0.254 e. The Hall–Kier alpha value is -3.35. The van der Waals surface area contributed by atoms with Crippen molar-refractivity contribution in [1.29, 1.82) is 0 Å². The van der Waals surface area contributed by atoms with Crippen molar-refractivity contribution in [2.45, 2.75) is 38.8 Å². The van der Waals surface area contributed by atoms with Gasteiger partial charge in [-0.2, -0.15) is 0 Å². The van der Waals surface area contributed by atoms with E-state index in [1.54, 1.807) is 31.4 Å². The maximum absolute atomic E-state index is 12.6. The third-order valence-electron chi connectivity index (χ3n) is 5.17. The molecule has 2 aromatic rings. The van der Waals surface area contributed by atoms with Gasteiger partial charge >= 0.3 is 0 Å². The van der Waals surface area contributed by atoms with Gasteiger partial charge in [0, 0.05) is 6.42 Å². The lowest BCUT2D eigenvalue weighted by Crippen LogP contribution is -2.42. The maximum atomic E-state index is 12.6. The molecule has 0 radical (unpaired) electrons. The molecule has 0 aromatic heterocycles. The van der Waals surface area contributed by atoms with Crippen molar-refractivity contribution in [3.63, 3.8) is 0 Å². The molecule has 7 heteroatoms. The van der Waals surface area contributed by atoms with Crippen LogP contribution in [0, 0.1) is 5.92 Å². The van der Waals surface area contributed by atoms with Crippen molar-refractivity contribution in [3.05, 3.63) is 59.7 Å². The van der Waals surface area contributed by atoms with E-state index in [1.165, 1.54) is 0 Å². The Morgan fingerprint density at radius 1 is 1.10 bits per heavy atom. The number of nitrogens with one attached hydrogen (secondary N) is 3. The second-order valence-corrected chi connectivity index (χ2v) is 7.66. The topological polar surface area (TPSA) is 96.5 Å². The van der Waals surface area contributed by atoms with Crippen LogP contribution in [0.1, 0.15) is 48.7 Å². The molecule has 1 aliphatic heterocycles. The minimum absolute atomic E-state index is 0.119. The molecule has 2 unspecified atom stereocenters. The number of methoxy groups -OCH3 is 1. The van der Waals surface area contributed by atoms with Gasteiger partial charge in [-0.15, -0.1) is 0 Å². The highest BCUT2D eigenvalue weighted by atomic mass is 16.5. The zero-order chi connectivity index (χ0) is 21.7. The van der Waals surface area contributed by atoms with Gasteiger partial charge < -0.3 is 20.7 Å². The van der Waals surface area contributed by atoms with Gasteiger partial charge in [0.2, 0.25) is 11.8 Å². The van der Waals surface area contributed by atoms with Gasteiger partial charge in [0.05, 0.1) is 24.4 Å². The minimum atomic E-state index is -0.769. The summed E-state index contributed by atoms with van der Waals surface area (Å²) in [6.45, 7) is 4.07. The molecule has 3 rings (SSSR count). The van der Waals surface area contributed by atoms with Crippen LogP contribution in [-0.2, 0) is 9.59 Å². The summed E-state index contributed by atoms with van der Waals surface area (Å²) in [5.41, 5.74) is 1.87. The van der Waals surface area contributed by atoms with E-state index in [0.29, 0.717) is 11.3 Å². The summed E-state index contributed by atoms with van der Waals surface area (Å²) in [5.74, 6) is 0.110. The second-order valence-electron chi connectivity index (χ2n) is 7.66. The molecule has 3 amide bonds. The molecular formula is C23H27N3O4. The fourth-order valence-electron chi connectivity index (χ4n) is 3.48. The SMILES string of the molecule is COc1ccc(C(NC(=O)CCC2NC(=O)c3ccccc3NC2=O)C(C)C)cc1. The Labute approximate surface area is 176 Å². The summed E-state index contributed by atoms with van der Waals surface area (Å²) in [4.78, 5) is 37.5. The average molecular weight is 409 g/mol. The average Bonchev–Trinajstić information content (AvgIpc) is 2.86. The molecular weight excluding hydrogens is 382 g/mol. The van der Waals surface area contributed by atoms with Crippen LogP contribution in [0.15, 0.2) is 48.5 Å². The van der Waals surface area contributed by atoms with E-state index < -0.39 is 6.04 Å². The first-order valence-corrected chi connectivity index (χ1v) is 10.0. The van der Waals surface area contributed by atoms with Crippen LogP contribution < -0.4 is 20.7 Å². The highest BCUT2D eigenvalue weighted by Crippen LogP contribution is 2.24. The third kappa shape index (κ3) is 4.97. The van der Waals surface area contributed by atoms with E-state index >= 15 is 0 Å². The Kier molecular flexibility index (Phi) is 6.72. The molecule has 2 atom stereocenters. The molecule has 0 saturated heterocycles. The summed E-state index contributed by atoms with van der Waals surface area (Å²) in [6.07, 6.45) is 0.332. The summed E-state index contributed by atoms with van der Waals surface area (Å²) in [6, 6.07) is 13.5. The molecule has 0 fully saturated rings. The molecule has 1 aliphatic rings. The summed E-state index contributed by atoms with van der Waals surface area (Å²) < 4.78 is 5.19. The number of hydrogen-bond donors (Lipinski definition) is 3. The van der Waals surface area contributed by atoms with E-state index in [2.05, 4.69) is 16.0 Å². The highest BCUT2D eigenvalue weighted by molar-refractivity contribution is 6.09. The van der Waals surface area contributed by atoms with E-state index in [0.717, 1.165) is 11.3 Å². The number of para-hydroxylation sites is 1. The van der Waals surface area contributed by atoms with E-state index in [-0.39, 0.29) is 42.5 Å². The Bertz CT molecular complexity index is 924. The van der Waals surface area contributed by atoms with Gasteiger partial charge in [0.1, 0.15) is 11.8 Å². The largest absolute Gasteiger partial charge is 0.497 e. The third-order valence-corrected chi connectivity index (χ3v) is 5.17. The molecule has 3 N–H and O–H groups in total. The van der Waals surface area contributed by atoms with E-state index in [4.69, 9.17) is 4.74 Å². The van der Waals surface area contributed by atoms with Crippen LogP contribution in [0.4, 0.5) is 5.69 Å². The normalized spacial score (nSPS) is 16.7. The molecule has 7 nitrogen and oxygen atoms in total. The van der Waals surface area contributed by atoms with Crippen LogP contribution in [0.5, 0.6) is 5.75 Å². The smallest absolute Gasteiger partial charge is 0.254 e. The first kappa shape index (κ1) is 21.4. The highest BCUT2D eigenvalue weighted by Gasteiger charge is 2.28. The van der Waals surface area contributed by atoms with Crippen LogP contribution in [0.25, 0.3) is 0 Å². The quantitative estimate of drug-likeness (QED) is 0.655. The fourth-order valence-corrected chi connectivity index (χ4v) is 3.48. The van der Waals surface area contributed by atoms with Crippen molar-refractivity contribution in [2.24, 2.45) is 5.92 Å². The predicted molar refractivity (Wildman–Crippen MR) is 114 cm³/mol. The summed E-state index contributed by atoms with van der Waals surface area (Å²) in [7, 11) is 1.61. The van der Waals surface area contributed by atoms with Crippen molar-refractivity contribution < 1.29 is 19.1 Å². The monoisotopic (exact) mass is 409 g/mol. The van der Waals surface area contributed by atoms with Gasteiger partial charge in [-0.1, -0.05) is 38.1 Å². The van der Waals surface area contributed by atoms with E-state index in [9.17, 15) is 14.4 Å². The van der Waals surface area contributed by atoms with Crippen LogP contribution >= 0.6 is 0 Å². The molecule has 0 spiro atoms. The molecule has 1 heterocycles. The predicted octanol–water partition coefficient (Wildman–Crippen LogP) is 3.04. The van der Waals surface area contributed by atoms with Gasteiger partial charge in [-0.05, 0) is 42.2 Å². The Morgan fingerprint density at radius 3 is 2.47 bits per heavy atom. The van der Waals surface area contributed by atoms with Gasteiger partial charge in [0.25, 0.3) is 5.91 Å². The van der Waals surface area contributed by atoms with Gasteiger partial charge in [-0.3, -0.25) is 14.4 Å². The number of carbonyl (C=O) groups is 3. The summed E-state index contributed by atoms with van der Waals surface area (Å²) in [5, 5.41) is 8.52. The lowest BCUT2D eigenvalue weighted by molar-refractivity contribution is -0.122. The van der Waals surface area contributed by atoms with Crippen molar-refractivity contribution in [2.75, 3.05) is 12.4 Å². The lowest BCUT2D eigenvalue weighted by Gasteiger charge is -2.23. The standard InChI is InChI=1S/C23H27N3O4/c1-14(2)21(15-8-10-16(30-3)11-9-15)26-20(27)13-12-19-23(29)24-18-7-5-4-6-17(18)22(28)25-19/h4-11,14,19,21H,12-13H2,1-3H3,(H,24,29)(H,25,28)(H,26,27). The van der Waals surface area contributed by atoms with Gasteiger partial charge in [-0.25, -0.2) is 0 Å². The number of benzene rings is 2. The van der Waals surface area contributed by atoms with Crippen molar-refractivity contribution >= 4 is 23.4 Å². The summed E-state index contributed by atoms with van der Waals surface area (Å²) >= 11 is 0. The Morgan fingerprint density at radius 2 is 1.80 bits per heavy atom. The number of fused-ring (bicyclic) bond motifs is 1. The first-order valence-electron chi connectivity index (χ1n) is 10.0. The first-order chi connectivity index (χ1) is 14.4. The minimum Gasteiger partial charge on any atom is -0.497 e. The lowest BCUT2D eigenvalue weighted by atomic mass is 9.95. The second kappa shape index (κ2) is 9.43. The zero-order valence-corrected chi connectivity index (χ0v) is 17.4. The Balaban J connectivity index is 1.61. The molecule has 0 saturated carbocycles. The number of hydrogen-bond acceptors (Lipinski definition) is 4. The number of ether oxygens (including phenoxy) is 1. The molecule has 158 valence electrons. The number of anilines is 1. The van der Waals surface area contributed by atoms with Crippen LogP contribution in [-0.4, -0.2) is 30.9 Å². The molecule has 2 aromatic carbocycles.